The Kier molecular flexibility index (Phi) is 3.56. The lowest BCUT2D eigenvalue weighted by atomic mass is 10.1. The van der Waals surface area contributed by atoms with Crippen molar-refractivity contribution in [1.29, 1.82) is 0 Å². The lowest BCUT2D eigenvalue weighted by Crippen LogP contribution is -2.05. The van der Waals surface area contributed by atoms with Gasteiger partial charge in [-0.25, -0.2) is 4.68 Å². The van der Waals surface area contributed by atoms with E-state index in [2.05, 4.69) is 20.8 Å². The molecular formula is C14H15N5O. The van der Waals surface area contributed by atoms with Gasteiger partial charge in [0.05, 0.1) is 11.9 Å². The third kappa shape index (κ3) is 2.75. The zero-order chi connectivity index (χ0) is 13.8. The molecule has 0 atom stereocenters. The molecule has 0 saturated heterocycles. The molecular weight excluding hydrogens is 254 g/mol. The molecule has 1 aromatic carbocycles. The summed E-state index contributed by atoms with van der Waals surface area (Å²) in [4.78, 5) is 0. The fourth-order valence-corrected chi connectivity index (χ4v) is 1.97. The van der Waals surface area contributed by atoms with Gasteiger partial charge in [0.2, 0.25) is 0 Å². The smallest absolute Gasteiger partial charge is 0.158 e. The first-order chi connectivity index (χ1) is 9.85. The van der Waals surface area contributed by atoms with E-state index in [1.54, 1.807) is 4.68 Å². The van der Waals surface area contributed by atoms with E-state index in [9.17, 15) is 0 Å². The quantitative estimate of drug-likeness (QED) is 0.763. The van der Waals surface area contributed by atoms with Crippen molar-refractivity contribution in [2.75, 3.05) is 7.05 Å². The molecule has 20 heavy (non-hydrogen) atoms. The summed E-state index contributed by atoms with van der Waals surface area (Å²) < 4.78 is 7.08. The van der Waals surface area contributed by atoms with Crippen molar-refractivity contribution in [2.45, 2.75) is 13.1 Å². The van der Waals surface area contributed by atoms with Crippen LogP contribution in [-0.4, -0.2) is 27.2 Å². The first kappa shape index (κ1) is 12.6. The molecule has 3 aromatic rings. The molecule has 0 spiro atoms. The number of hydrogen-bond donors (Lipinski definition) is 1. The van der Waals surface area contributed by atoms with Crippen molar-refractivity contribution in [3.8, 4) is 11.3 Å². The Balaban J connectivity index is 1.73. The minimum Gasteiger partial charge on any atom is -0.359 e. The van der Waals surface area contributed by atoms with Crippen LogP contribution in [0, 0.1) is 0 Å². The predicted molar refractivity (Wildman–Crippen MR) is 73.8 cm³/mol. The molecule has 0 saturated carbocycles. The normalized spacial score (nSPS) is 10.8. The zero-order valence-electron chi connectivity index (χ0n) is 11.2. The lowest BCUT2D eigenvalue weighted by Gasteiger charge is -1.94. The van der Waals surface area contributed by atoms with Gasteiger partial charge in [0.15, 0.2) is 5.76 Å². The summed E-state index contributed by atoms with van der Waals surface area (Å²) in [6.07, 6.45) is 1.89. The molecule has 6 heteroatoms. The zero-order valence-corrected chi connectivity index (χ0v) is 11.2. The van der Waals surface area contributed by atoms with Gasteiger partial charge in [0, 0.05) is 18.2 Å². The molecule has 102 valence electrons. The molecule has 2 aromatic heterocycles. The van der Waals surface area contributed by atoms with Crippen molar-refractivity contribution in [1.82, 2.24) is 25.5 Å². The van der Waals surface area contributed by atoms with E-state index in [4.69, 9.17) is 4.52 Å². The van der Waals surface area contributed by atoms with Gasteiger partial charge in [-0.3, -0.25) is 0 Å². The monoisotopic (exact) mass is 269 g/mol. The number of benzene rings is 1. The molecule has 0 aliphatic heterocycles. The predicted octanol–water partition coefficient (Wildman–Crippen LogP) is 1.70. The van der Waals surface area contributed by atoms with Crippen LogP contribution in [0.2, 0.25) is 0 Å². The number of hydrogen-bond acceptors (Lipinski definition) is 5. The van der Waals surface area contributed by atoms with E-state index in [1.165, 1.54) is 0 Å². The van der Waals surface area contributed by atoms with Gasteiger partial charge in [-0.05, 0) is 7.05 Å². The van der Waals surface area contributed by atoms with E-state index in [-0.39, 0.29) is 0 Å². The van der Waals surface area contributed by atoms with E-state index in [0.29, 0.717) is 13.1 Å². The summed E-state index contributed by atoms with van der Waals surface area (Å²) in [7, 11) is 1.88. The second-order valence-corrected chi connectivity index (χ2v) is 4.48. The average molecular weight is 269 g/mol. The van der Waals surface area contributed by atoms with Gasteiger partial charge in [0.1, 0.15) is 12.2 Å². The van der Waals surface area contributed by atoms with Gasteiger partial charge in [-0.1, -0.05) is 40.7 Å². The van der Waals surface area contributed by atoms with Crippen molar-refractivity contribution in [3.63, 3.8) is 0 Å². The Morgan fingerprint density at radius 3 is 2.90 bits per heavy atom. The molecule has 0 radical (unpaired) electrons. The maximum absolute atomic E-state index is 5.34. The molecule has 0 amide bonds. The second kappa shape index (κ2) is 5.66. The first-order valence-corrected chi connectivity index (χ1v) is 6.40. The van der Waals surface area contributed by atoms with E-state index >= 15 is 0 Å². The topological polar surface area (TPSA) is 68.8 Å². The number of aromatic nitrogens is 4. The Bertz CT molecular complexity index is 674. The van der Waals surface area contributed by atoms with Crippen LogP contribution in [0.3, 0.4) is 0 Å². The number of nitrogens with one attached hydrogen (secondary N) is 1. The second-order valence-electron chi connectivity index (χ2n) is 4.48. The Hall–Kier alpha value is -2.47. The number of rotatable bonds is 5. The molecule has 0 bridgehead atoms. The maximum Gasteiger partial charge on any atom is 0.158 e. The lowest BCUT2D eigenvalue weighted by molar-refractivity contribution is 0.372. The first-order valence-electron chi connectivity index (χ1n) is 6.40. The molecule has 0 unspecified atom stereocenters. The molecule has 1 N–H and O–H groups in total. The van der Waals surface area contributed by atoms with Gasteiger partial charge < -0.3 is 9.84 Å². The molecule has 0 fully saturated rings. The van der Waals surface area contributed by atoms with E-state index < -0.39 is 0 Å². The van der Waals surface area contributed by atoms with Crippen LogP contribution in [0.4, 0.5) is 0 Å². The highest BCUT2D eigenvalue weighted by Gasteiger charge is 2.08. The largest absolute Gasteiger partial charge is 0.359 e. The van der Waals surface area contributed by atoms with Crippen LogP contribution >= 0.6 is 0 Å². The number of nitrogens with zero attached hydrogens (tertiary/aromatic N) is 4. The fraction of sp³-hybridized carbons (Fsp3) is 0.214. The minimum atomic E-state index is 0.524. The highest BCUT2D eigenvalue weighted by molar-refractivity contribution is 5.58. The molecule has 3 rings (SSSR count). The van der Waals surface area contributed by atoms with Gasteiger partial charge in [-0.2, -0.15) is 0 Å². The van der Waals surface area contributed by atoms with Crippen molar-refractivity contribution in [2.24, 2.45) is 0 Å². The third-order valence-electron chi connectivity index (χ3n) is 2.89. The van der Waals surface area contributed by atoms with Crippen molar-refractivity contribution < 1.29 is 4.52 Å². The van der Waals surface area contributed by atoms with E-state index in [1.807, 2.05) is 49.6 Å². The van der Waals surface area contributed by atoms with Crippen LogP contribution in [0.5, 0.6) is 0 Å². The molecule has 0 aliphatic rings. The summed E-state index contributed by atoms with van der Waals surface area (Å²) in [6, 6.07) is 11.9. The summed E-state index contributed by atoms with van der Waals surface area (Å²) in [6.45, 7) is 1.22. The van der Waals surface area contributed by atoms with Crippen molar-refractivity contribution in [3.05, 3.63) is 54.0 Å². The molecule has 2 heterocycles. The summed E-state index contributed by atoms with van der Waals surface area (Å²) in [5.41, 5.74) is 2.77. The summed E-state index contributed by atoms with van der Waals surface area (Å²) in [5.74, 6) is 0.754. The van der Waals surface area contributed by atoms with Crippen LogP contribution in [0.1, 0.15) is 11.5 Å². The fourth-order valence-electron chi connectivity index (χ4n) is 1.97. The van der Waals surface area contributed by atoms with E-state index in [0.717, 1.165) is 22.7 Å². The van der Waals surface area contributed by atoms with Crippen LogP contribution in [-0.2, 0) is 13.1 Å². The molecule has 6 nitrogen and oxygen atoms in total. The SMILES string of the molecule is CNCc1cn(Cc2cc(-c3ccccc3)no2)nn1. The standard InChI is InChI=1S/C14H15N5O/c1-15-8-12-9-19(18-16-12)10-13-7-14(17-20-13)11-5-3-2-4-6-11/h2-7,9,15H,8,10H2,1H3. The van der Waals surface area contributed by atoms with Gasteiger partial charge in [-0.15, -0.1) is 5.10 Å². The van der Waals surface area contributed by atoms with Gasteiger partial charge in [0.25, 0.3) is 0 Å². The summed E-state index contributed by atoms with van der Waals surface area (Å²) >= 11 is 0. The average Bonchev–Trinajstić information content (AvgIpc) is 3.11. The molecule has 0 aliphatic carbocycles. The minimum absolute atomic E-state index is 0.524. The highest BCUT2D eigenvalue weighted by Crippen LogP contribution is 2.18. The summed E-state index contributed by atoms with van der Waals surface area (Å²) in [5, 5.41) is 15.2. The Labute approximate surface area is 116 Å². The Morgan fingerprint density at radius 1 is 1.25 bits per heavy atom. The third-order valence-corrected chi connectivity index (χ3v) is 2.89. The Morgan fingerprint density at radius 2 is 2.10 bits per heavy atom. The van der Waals surface area contributed by atoms with Crippen LogP contribution in [0.15, 0.2) is 47.1 Å². The van der Waals surface area contributed by atoms with Crippen LogP contribution < -0.4 is 5.32 Å². The maximum atomic E-state index is 5.34. The van der Waals surface area contributed by atoms with Crippen molar-refractivity contribution >= 4 is 0 Å². The highest BCUT2D eigenvalue weighted by atomic mass is 16.5. The van der Waals surface area contributed by atoms with Gasteiger partial charge >= 0.3 is 0 Å². The van der Waals surface area contributed by atoms with Crippen LogP contribution in [0.25, 0.3) is 11.3 Å².